The molecule has 0 bridgehead atoms. The van der Waals surface area contributed by atoms with Crippen molar-refractivity contribution in [2.45, 2.75) is 70.9 Å². The number of nitrogens with one attached hydrogen (secondary N) is 1. The van der Waals surface area contributed by atoms with Crippen LogP contribution in [0.4, 0.5) is 0 Å². The normalized spacial score (nSPS) is 26.9. The molecule has 3 rings (SSSR count). The first-order chi connectivity index (χ1) is 9.72. The number of aromatic nitrogens is 2. The maximum absolute atomic E-state index is 4.62. The van der Waals surface area contributed by atoms with Crippen molar-refractivity contribution >= 4 is 0 Å². The minimum absolute atomic E-state index is 0.593. The zero-order valence-corrected chi connectivity index (χ0v) is 12.8. The Balaban J connectivity index is 1.52. The minimum atomic E-state index is 0.593. The van der Waals surface area contributed by atoms with Gasteiger partial charge in [-0.05, 0) is 50.4 Å². The van der Waals surface area contributed by atoms with Crippen LogP contribution in [0.1, 0.15) is 69.7 Å². The van der Waals surface area contributed by atoms with E-state index < -0.39 is 0 Å². The second-order valence-corrected chi connectivity index (χ2v) is 6.96. The fraction of sp³-hybridized carbons (Fsp3) is 0.765. The van der Waals surface area contributed by atoms with Crippen LogP contribution in [0.25, 0.3) is 0 Å². The van der Waals surface area contributed by atoms with Gasteiger partial charge in [-0.25, -0.2) is 9.97 Å². The summed E-state index contributed by atoms with van der Waals surface area (Å²) in [5.74, 6) is 3.40. The third-order valence-corrected chi connectivity index (χ3v) is 4.98. The molecule has 1 aromatic heterocycles. The van der Waals surface area contributed by atoms with Crippen molar-refractivity contribution in [1.29, 1.82) is 0 Å². The van der Waals surface area contributed by atoms with Gasteiger partial charge in [0.05, 0.1) is 0 Å². The maximum atomic E-state index is 4.62. The third-order valence-electron chi connectivity index (χ3n) is 4.98. The zero-order chi connectivity index (χ0) is 13.9. The van der Waals surface area contributed by atoms with E-state index in [2.05, 4.69) is 29.1 Å². The molecule has 2 saturated carbocycles. The summed E-state index contributed by atoms with van der Waals surface area (Å²) in [4.78, 5) is 9.24. The van der Waals surface area contributed by atoms with Crippen molar-refractivity contribution in [3.05, 3.63) is 23.8 Å². The zero-order valence-electron chi connectivity index (χ0n) is 12.8. The Morgan fingerprint density at radius 2 is 1.70 bits per heavy atom. The topological polar surface area (TPSA) is 37.8 Å². The molecule has 1 aromatic rings. The van der Waals surface area contributed by atoms with Crippen LogP contribution in [0.5, 0.6) is 0 Å². The molecule has 0 aliphatic heterocycles. The fourth-order valence-electron chi connectivity index (χ4n) is 3.26. The van der Waals surface area contributed by atoms with Crippen molar-refractivity contribution in [2.75, 3.05) is 0 Å². The van der Waals surface area contributed by atoms with Crippen molar-refractivity contribution in [2.24, 2.45) is 11.8 Å². The molecule has 0 radical (unpaired) electrons. The second kappa shape index (κ2) is 6.21. The molecule has 0 amide bonds. The molecule has 3 heteroatoms. The second-order valence-electron chi connectivity index (χ2n) is 6.96. The summed E-state index contributed by atoms with van der Waals surface area (Å²) in [7, 11) is 0. The van der Waals surface area contributed by atoms with Gasteiger partial charge >= 0.3 is 0 Å². The highest BCUT2D eigenvalue weighted by Crippen LogP contribution is 2.37. The van der Waals surface area contributed by atoms with Crippen LogP contribution in [0.15, 0.2) is 12.4 Å². The summed E-state index contributed by atoms with van der Waals surface area (Å²) in [5.41, 5.74) is 1.22. The van der Waals surface area contributed by atoms with Crippen LogP contribution in [0.3, 0.4) is 0 Å². The van der Waals surface area contributed by atoms with E-state index in [1.807, 2.05) is 12.4 Å². The predicted molar refractivity (Wildman–Crippen MR) is 81.4 cm³/mol. The van der Waals surface area contributed by atoms with Gasteiger partial charge in [-0.15, -0.1) is 0 Å². The number of hydrogen-bond donors (Lipinski definition) is 1. The van der Waals surface area contributed by atoms with E-state index in [1.54, 1.807) is 0 Å². The smallest absolute Gasteiger partial charge is 0.131 e. The maximum Gasteiger partial charge on any atom is 0.131 e. The van der Waals surface area contributed by atoms with E-state index in [0.717, 1.165) is 30.2 Å². The molecule has 2 fully saturated rings. The van der Waals surface area contributed by atoms with E-state index in [0.29, 0.717) is 5.92 Å². The van der Waals surface area contributed by atoms with E-state index in [9.17, 15) is 0 Å². The van der Waals surface area contributed by atoms with Crippen molar-refractivity contribution < 1.29 is 0 Å². The van der Waals surface area contributed by atoms with Crippen LogP contribution in [0.2, 0.25) is 0 Å². The first-order valence-electron chi connectivity index (χ1n) is 8.26. The highest BCUT2D eigenvalue weighted by Gasteiger charge is 2.25. The summed E-state index contributed by atoms with van der Waals surface area (Å²) in [6.07, 6.45) is 11.9. The summed E-state index contributed by atoms with van der Waals surface area (Å²) in [5, 5.41) is 3.51. The van der Waals surface area contributed by atoms with Crippen LogP contribution in [-0.2, 0) is 6.54 Å². The molecular weight excluding hydrogens is 246 g/mol. The first-order valence-corrected chi connectivity index (χ1v) is 8.26. The van der Waals surface area contributed by atoms with Gasteiger partial charge in [-0.1, -0.05) is 13.8 Å². The van der Waals surface area contributed by atoms with E-state index in [1.165, 1.54) is 44.1 Å². The molecule has 0 spiro atoms. The number of nitrogens with zero attached hydrogens (tertiary/aromatic N) is 2. The molecule has 20 heavy (non-hydrogen) atoms. The van der Waals surface area contributed by atoms with Gasteiger partial charge < -0.3 is 5.32 Å². The molecule has 0 saturated heterocycles. The van der Waals surface area contributed by atoms with Gasteiger partial charge in [0.1, 0.15) is 5.82 Å². The quantitative estimate of drug-likeness (QED) is 0.889. The fourth-order valence-corrected chi connectivity index (χ4v) is 3.26. The van der Waals surface area contributed by atoms with Crippen molar-refractivity contribution in [3.8, 4) is 0 Å². The summed E-state index contributed by atoms with van der Waals surface area (Å²) < 4.78 is 0. The van der Waals surface area contributed by atoms with E-state index >= 15 is 0 Å². The largest absolute Gasteiger partial charge is 0.310 e. The number of rotatable bonds is 5. The van der Waals surface area contributed by atoms with Crippen LogP contribution in [-0.4, -0.2) is 16.0 Å². The van der Waals surface area contributed by atoms with Gasteiger partial charge in [0.2, 0.25) is 0 Å². The molecule has 1 N–H and O–H groups in total. The minimum Gasteiger partial charge on any atom is -0.310 e. The van der Waals surface area contributed by atoms with E-state index in [4.69, 9.17) is 0 Å². The lowest BCUT2D eigenvalue weighted by Crippen LogP contribution is -2.19. The average Bonchev–Trinajstić information content (AvgIpc) is 3.30. The molecule has 1 heterocycles. The van der Waals surface area contributed by atoms with Crippen molar-refractivity contribution in [3.63, 3.8) is 0 Å². The van der Waals surface area contributed by atoms with Gasteiger partial charge in [-0.3, -0.25) is 0 Å². The average molecular weight is 273 g/mol. The molecule has 0 unspecified atom stereocenters. The Morgan fingerprint density at radius 1 is 1.05 bits per heavy atom. The lowest BCUT2D eigenvalue weighted by molar-refractivity contribution is 0.254. The van der Waals surface area contributed by atoms with Crippen LogP contribution >= 0.6 is 0 Å². The Bertz CT molecular complexity index is 414. The molecule has 2 aliphatic carbocycles. The number of hydrogen-bond acceptors (Lipinski definition) is 3. The SMILES string of the molecule is CC(C)C1CCC(c2ncc(CNC3CC3)cn2)CC1. The van der Waals surface area contributed by atoms with E-state index in [-0.39, 0.29) is 0 Å². The van der Waals surface area contributed by atoms with Crippen molar-refractivity contribution in [1.82, 2.24) is 15.3 Å². The van der Waals surface area contributed by atoms with Gasteiger partial charge in [-0.2, -0.15) is 0 Å². The standard InChI is InChI=1S/C17H27N3/c1-12(2)14-3-5-15(6-4-14)17-19-10-13(11-20-17)9-18-16-7-8-16/h10-12,14-16,18H,3-9H2,1-2H3. The van der Waals surface area contributed by atoms with Gasteiger partial charge in [0.15, 0.2) is 0 Å². The summed E-state index contributed by atoms with van der Waals surface area (Å²) >= 11 is 0. The Morgan fingerprint density at radius 3 is 2.25 bits per heavy atom. The highest BCUT2D eigenvalue weighted by atomic mass is 15.0. The van der Waals surface area contributed by atoms with Gasteiger partial charge in [0.25, 0.3) is 0 Å². The Labute approximate surface area is 122 Å². The van der Waals surface area contributed by atoms with Crippen LogP contribution < -0.4 is 5.32 Å². The molecule has 0 aromatic carbocycles. The third kappa shape index (κ3) is 3.57. The Kier molecular flexibility index (Phi) is 4.35. The lowest BCUT2D eigenvalue weighted by Gasteiger charge is -2.30. The molecular formula is C17H27N3. The van der Waals surface area contributed by atoms with Gasteiger partial charge in [0, 0.05) is 36.5 Å². The highest BCUT2D eigenvalue weighted by molar-refractivity contribution is 5.08. The molecule has 3 nitrogen and oxygen atoms in total. The molecule has 0 atom stereocenters. The summed E-state index contributed by atoms with van der Waals surface area (Å²) in [6.45, 7) is 5.62. The molecule has 110 valence electrons. The predicted octanol–water partition coefficient (Wildman–Crippen LogP) is 3.66. The summed E-state index contributed by atoms with van der Waals surface area (Å²) in [6, 6.07) is 0.751. The Hall–Kier alpha value is -0.960. The first kappa shape index (κ1) is 14.0. The molecule has 2 aliphatic rings. The van der Waals surface area contributed by atoms with Crippen LogP contribution in [0, 0.1) is 11.8 Å². The monoisotopic (exact) mass is 273 g/mol. The lowest BCUT2D eigenvalue weighted by atomic mass is 9.77.